The number of hydrogen-bond donors (Lipinski definition) is 1. The Morgan fingerprint density at radius 1 is 1.37 bits per heavy atom. The maximum atomic E-state index is 12.8. The molecule has 0 saturated carbocycles. The molecule has 1 fully saturated rings. The Morgan fingerprint density at radius 3 is 2.74 bits per heavy atom. The third-order valence-electron chi connectivity index (χ3n) is 4.09. The summed E-state index contributed by atoms with van der Waals surface area (Å²) in [6.45, 7) is 3.44. The minimum absolute atomic E-state index is 0.0560. The summed E-state index contributed by atoms with van der Waals surface area (Å²) < 4.78 is 37.5. The van der Waals surface area contributed by atoms with Gasteiger partial charge in [-0.3, -0.25) is 4.79 Å². The number of sulfonamides is 1. The minimum Gasteiger partial charge on any atom is -0.496 e. The fourth-order valence-electron chi connectivity index (χ4n) is 2.70. The summed E-state index contributed by atoms with van der Waals surface area (Å²) in [4.78, 5) is 17.0. The molecule has 1 aliphatic heterocycles. The summed E-state index contributed by atoms with van der Waals surface area (Å²) in [5, 5.41) is 5.44. The molecule has 0 bridgehead atoms. The lowest BCUT2D eigenvalue weighted by molar-refractivity contribution is 0.0730. The number of benzene rings is 1. The van der Waals surface area contributed by atoms with E-state index in [1.54, 1.807) is 0 Å². The number of aromatic nitrogens is 1. The molecule has 2 aromatic rings. The number of nitrogens with zero attached hydrogens (tertiary/aromatic N) is 2. The maximum absolute atomic E-state index is 12.8. The van der Waals surface area contributed by atoms with Gasteiger partial charge in [0, 0.05) is 24.2 Å². The Kier molecular flexibility index (Phi) is 6.10. The van der Waals surface area contributed by atoms with E-state index in [0.717, 1.165) is 10.7 Å². The predicted molar refractivity (Wildman–Crippen MR) is 101 cm³/mol. The molecule has 8 nitrogen and oxygen atoms in total. The quantitative estimate of drug-likeness (QED) is 0.772. The number of carbonyl (C=O) groups is 1. The first-order valence-electron chi connectivity index (χ1n) is 8.37. The topological polar surface area (TPSA) is 97.8 Å². The van der Waals surface area contributed by atoms with Gasteiger partial charge in [0.2, 0.25) is 10.0 Å². The third kappa shape index (κ3) is 4.46. The number of thiazole rings is 1. The van der Waals surface area contributed by atoms with Crippen LogP contribution in [0.4, 0.5) is 0 Å². The van der Waals surface area contributed by atoms with Crippen molar-refractivity contribution in [1.82, 2.24) is 14.6 Å². The molecule has 1 amide bonds. The first-order chi connectivity index (χ1) is 12.9. The number of aryl methyl sites for hydroxylation is 1. The fraction of sp³-hybridized carbons (Fsp3) is 0.412. The molecule has 2 heterocycles. The van der Waals surface area contributed by atoms with Crippen molar-refractivity contribution in [2.24, 2.45) is 0 Å². The monoisotopic (exact) mass is 411 g/mol. The summed E-state index contributed by atoms with van der Waals surface area (Å²) in [5.41, 5.74) is 1.06. The van der Waals surface area contributed by atoms with Gasteiger partial charge >= 0.3 is 0 Å². The zero-order valence-electron chi connectivity index (χ0n) is 15.1. The van der Waals surface area contributed by atoms with E-state index in [9.17, 15) is 13.2 Å². The van der Waals surface area contributed by atoms with Crippen molar-refractivity contribution in [2.45, 2.75) is 18.4 Å². The van der Waals surface area contributed by atoms with Gasteiger partial charge in [-0.05, 0) is 25.1 Å². The Labute approximate surface area is 162 Å². The van der Waals surface area contributed by atoms with E-state index in [1.165, 1.54) is 41.0 Å². The van der Waals surface area contributed by atoms with Crippen molar-refractivity contribution in [3.63, 3.8) is 0 Å². The molecule has 1 N–H and O–H groups in total. The number of hydrogen-bond acceptors (Lipinski definition) is 7. The smallest absolute Gasteiger partial charge is 0.255 e. The molecule has 0 spiro atoms. The molecule has 1 saturated heterocycles. The van der Waals surface area contributed by atoms with Gasteiger partial charge in [0.25, 0.3) is 5.91 Å². The van der Waals surface area contributed by atoms with Crippen LogP contribution in [-0.2, 0) is 21.3 Å². The summed E-state index contributed by atoms with van der Waals surface area (Å²) in [5.74, 6) is -0.109. The van der Waals surface area contributed by atoms with E-state index in [0.29, 0.717) is 32.1 Å². The lowest BCUT2D eigenvalue weighted by Crippen LogP contribution is -2.40. The molecular weight excluding hydrogens is 390 g/mol. The molecule has 1 aromatic carbocycles. The molecule has 0 atom stereocenters. The van der Waals surface area contributed by atoms with Crippen molar-refractivity contribution < 1.29 is 22.7 Å². The van der Waals surface area contributed by atoms with Crippen LogP contribution in [0.2, 0.25) is 0 Å². The van der Waals surface area contributed by atoms with E-state index >= 15 is 0 Å². The van der Waals surface area contributed by atoms with Crippen LogP contribution in [0.3, 0.4) is 0 Å². The molecule has 146 valence electrons. The average molecular weight is 412 g/mol. The molecule has 0 aliphatic carbocycles. The molecule has 3 rings (SSSR count). The Bertz CT molecular complexity index is 920. The minimum atomic E-state index is -3.70. The van der Waals surface area contributed by atoms with Gasteiger partial charge in [0.05, 0.1) is 37.3 Å². The van der Waals surface area contributed by atoms with Crippen molar-refractivity contribution in [1.29, 1.82) is 0 Å². The Morgan fingerprint density at radius 2 is 2.11 bits per heavy atom. The highest BCUT2D eigenvalue weighted by atomic mass is 32.2. The van der Waals surface area contributed by atoms with Crippen LogP contribution in [-0.4, -0.2) is 57.0 Å². The molecule has 0 unspecified atom stereocenters. The highest BCUT2D eigenvalue weighted by molar-refractivity contribution is 7.89. The summed E-state index contributed by atoms with van der Waals surface area (Å²) in [6.07, 6.45) is 0. The fourth-order valence-corrected chi connectivity index (χ4v) is 4.84. The van der Waals surface area contributed by atoms with Crippen molar-refractivity contribution in [3.8, 4) is 5.75 Å². The number of rotatable bonds is 6. The second-order valence-electron chi connectivity index (χ2n) is 5.94. The van der Waals surface area contributed by atoms with Crippen LogP contribution in [0.15, 0.2) is 28.5 Å². The SMILES string of the molecule is COc1ccc(S(=O)(=O)N2CCOCC2)cc1C(=O)NCc1nc(C)cs1. The normalized spacial score (nSPS) is 15.5. The summed E-state index contributed by atoms with van der Waals surface area (Å²) in [6, 6.07) is 4.30. The van der Waals surface area contributed by atoms with Gasteiger partial charge in [-0.1, -0.05) is 0 Å². The zero-order valence-corrected chi connectivity index (χ0v) is 16.7. The number of ether oxygens (including phenoxy) is 2. The van der Waals surface area contributed by atoms with Gasteiger partial charge in [0.1, 0.15) is 10.8 Å². The number of methoxy groups -OCH3 is 1. The van der Waals surface area contributed by atoms with Crippen LogP contribution in [0.25, 0.3) is 0 Å². The van der Waals surface area contributed by atoms with Gasteiger partial charge < -0.3 is 14.8 Å². The van der Waals surface area contributed by atoms with Crippen LogP contribution < -0.4 is 10.1 Å². The van der Waals surface area contributed by atoms with E-state index < -0.39 is 15.9 Å². The zero-order chi connectivity index (χ0) is 19.4. The standard InChI is InChI=1S/C17H21N3O5S2/c1-12-11-26-16(19-12)10-18-17(21)14-9-13(3-4-15(14)24-2)27(22,23)20-5-7-25-8-6-20/h3-4,9,11H,5-8,10H2,1-2H3,(H,18,21). The van der Waals surface area contributed by atoms with Gasteiger partial charge in [-0.15, -0.1) is 11.3 Å². The van der Waals surface area contributed by atoms with Crippen LogP contribution in [0.5, 0.6) is 5.75 Å². The highest BCUT2D eigenvalue weighted by Gasteiger charge is 2.28. The molecule has 27 heavy (non-hydrogen) atoms. The average Bonchev–Trinajstić information content (AvgIpc) is 3.11. The van der Waals surface area contributed by atoms with Gasteiger partial charge in [0.15, 0.2) is 0 Å². The predicted octanol–water partition coefficient (Wildman–Crippen LogP) is 1.41. The first-order valence-corrected chi connectivity index (χ1v) is 10.7. The van der Waals surface area contributed by atoms with Crippen molar-refractivity contribution in [2.75, 3.05) is 33.4 Å². The second kappa shape index (κ2) is 8.34. The molecule has 1 aromatic heterocycles. The van der Waals surface area contributed by atoms with Crippen LogP contribution in [0.1, 0.15) is 21.1 Å². The van der Waals surface area contributed by atoms with Crippen LogP contribution >= 0.6 is 11.3 Å². The number of carbonyl (C=O) groups excluding carboxylic acids is 1. The Balaban J connectivity index is 1.83. The van der Waals surface area contributed by atoms with E-state index in [1.807, 2.05) is 12.3 Å². The number of nitrogens with one attached hydrogen (secondary N) is 1. The first kappa shape index (κ1) is 19.7. The number of amides is 1. The van der Waals surface area contributed by atoms with Crippen molar-refractivity contribution in [3.05, 3.63) is 39.8 Å². The van der Waals surface area contributed by atoms with E-state index in [2.05, 4.69) is 10.3 Å². The lowest BCUT2D eigenvalue weighted by Gasteiger charge is -2.26. The van der Waals surface area contributed by atoms with Crippen LogP contribution in [0, 0.1) is 6.92 Å². The second-order valence-corrected chi connectivity index (χ2v) is 8.82. The summed E-state index contributed by atoms with van der Waals surface area (Å²) in [7, 11) is -2.26. The molecule has 1 aliphatic rings. The molecular formula is C17H21N3O5S2. The van der Waals surface area contributed by atoms with Gasteiger partial charge in [-0.25, -0.2) is 13.4 Å². The lowest BCUT2D eigenvalue weighted by atomic mass is 10.2. The third-order valence-corrected chi connectivity index (χ3v) is 6.95. The number of morpholine rings is 1. The van der Waals surface area contributed by atoms with Gasteiger partial charge in [-0.2, -0.15) is 4.31 Å². The van der Waals surface area contributed by atoms with E-state index in [-0.39, 0.29) is 17.0 Å². The van der Waals surface area contributed by atoms with Crippen molar-refractivity contribution >= 4 is 27.3 Å². The maximum Gasteiger partial charge on any atom is 0.255 e. The molecule has 0 radical (unpaired) electrons. The summed E-state index contributed by atoms with van der Waals surface area (Å²) >= 11 is 1.45. The molecule has 10 heteroatoms. The highest BCUT2D eigenvalue weighted by Crippen LogP contribution is 2.25. The largest absolute Gasteiger partial charge is 0.496 e. The Hall–Kier alpha value is -2.01. The van der Waals surface area contributed by atoms with E-state index in [4.69, 9.17) is 9.47 Å².